The summed E-state index contributed by atoms with van der Waals surface area (Å²) in [5.41, 5.74) is 0. The molecule has 0 aliphatic carbocycles. The van der Waals surface area contributed by atoms with Gasteiger partial charge < -0.3 is 5.11 Å². The van der Waals surface area contributed by atoms with Gasteiger partial charge in [-0.25, -0.2) is 17.1 Å². The Bertz CT molecular complexity index is 522. The highest BCUT2D eigenvalue weighted by atomic mass is 79.9. The van der Waals surface area contributed by atoms with Gasteiger partial charge in [0.1, 0.15) is 10.7 Å². The third kappa shape index (κ3) is 4.52. The molecule has 0 unspecified atom stereocenters. The van der Waals surface area contributed by atoms with Gasteiger partial charge in [-0.3, -0.25) is 0 Å². The summed E-state index contributed by atoms with van der Waals surface area (Å²) in [5.74, 6) is -0.767. The number of aliphatic hydroxyl groups is 1. The van der Waals surface area contributed by atoms with E-state index in [0.29, 0.717) is 23.9 Å². The third-order valence-corrected chi connectivity index (χ3v) is 5.10. The number of nitrogens with zero attached hydrogens (tertiary/aromatic N) is 1. The first-order chi connectivity index (χ1) is 8.89. The number of hydrogen-bond donors (Lipinski definition) is 1. The average molecular weight is 354 g/mol. The van der Waals surface area contributed by atoms with E-state index < -0.39 is 15.8 Å². The molecule has 4 nitrogen and oxygen atoms in total. The molecule has 0 bridgehead atoms. The molecule has 0 radical (unpaired) electrons. The van der Waals surface area contributed by atoms with Crippen LogP contribution in [-0.4, -0.2) is 38.0 Å². The van der Waals surface area contributed by atoms with Gasteiger partial charge in [0, 0.05) is 24.7 Å². The van der Waals surface area contributed by atoms with Crippen LogP contribution in [0.1, 0.15) is 19.3 Å². The lowest BCUT2D eigenvalue weighted by atomic mass is 10.2. The molecule has 0 aliphatic rings. The number of halogens is 2. The molecule has 0 aromatic heterocycles. The summed E-state index contributed by atoms with van der Waals surface area (Å²) in [6, 6.07) is 3.88. The minimum absolute atomic E-state index is 0.0950. The standard InChI is InChI=1S/C12H17BrFNO3S/c1-15(7-3-2-4-8-16)19(17,18)12-6-5-10(13)9-11(12)14/h5-6,9,16H,2-4,7-8H2,1H3. The fraction of sp³-hybridized carbons (Fsp3) is 0.500. The van der Waals surface area contributed by atoms with E-state index in [1.807, 2.05) is 0 Å². The molecule has 0 atom stereocenters. The second-order valence-corrected chi connectivity index (χ2v) is 7.11. The molecule has 1 N–H and O–H groups in total. The molecule has 0 saturated carbocycles. The fourth-order valence-electron chi connectivity index (χ4n) is 1.60. The van der Waals surface area contributed by atoms with Crippen molar-refractivity contribution in [1.82, 2.24) is 4.31 Å². The van der Waals surface area contributed by atoms with Crippen molar-refractivity contribution in [1.29, 1.82) is 0 Å². The van der Waals surface area contributed by atoms with E-state index in [4.69, 9.17) is 5.11 Å². The van der Waals surface area contributed by atoms with Gasteiger partial charge >= 0.3 is 0 Å². The van der Waals surface area contributed by atoms with Gasteiger partial charge in [-0.05, 0) is 37.5 Å². The summed E-state index contributed by atoms with van der Waals surface area (Å²) in [6.07, 6.45) is 2.01. The van der Waals surface area contributed by atoms with Gasteiger partial charge in [0.15, 0.2) is 0 Å². The first kappa shape index (κ1) is 16.6. The van der Waals surface area contributed by atoms with Crippen molar-refractivity contribution in [3.05, 3.63) is 28.5 Å². The van der Waals surface area contributed by atoms with Crippen LogP contribution >= 0.6 is 15.9 Å². The molecule has 1 rings (SSSR count). The normalized spacial score (nSPS) is 12.1. The monoisotopic (exact) mass is 353 g/mol. The smallest absolute Gasteiger partial charge is 0.245 e. The summed E-state index contributed by atoms with van der Waals surface area (Å²) in [7, 11) is -2.37. The number of unbranched alkanes of at least 4 members (excludes halogenated alkanes) is 2. The van der Waals surface area contributed by atoms with E-state index in [-0.39, 0.29) is 11.5 Å². The Morgan fingerprint density at radius 1 is 1.32 bits per heavy atom. The van der Waals surface area contributed by atoms with Crippen LogP contribution in [0.2, 0.25) is 0 Å². The molecule has 1 aromatic carbocycles. The third-order valence-electron chi connectivity index (χ3n) is 2.71. The SMILES string of the molecule is CN(CCCCCO)S(=O)(=O)c1ccc(Br)cc1F. The summed E-state index contributed by atoms with van der Waals surface area (Å²) in [4.78, 5) is -0.319. The highest BCUT2D eigenvalue weighted by molar-refractivity contribution is 9.10. The molecule has 0 aliphatic heterocycles. The number of aliphatic hydroxyl groups excluding tert-OH is 1. The first-order valence-electron chi connectivity index (χ1n) is 5.92. The van der Waals surface area contributed by atoms with Gasteiger partial charge in [-0.1, -0.05) is 15.9 Å². The van der Waals surface area contributed by atoms with Crippen molar-refractivity contribution >= 4 is 26.0 Å². The largest absolute Gasteiger partial charge is 0.396 e. The maximum atomic E-state index is 13.7. The molecule has 0 amide bonds. The van der Waals surface area contributed by atoms with Gasteiger partial charge in [-0.2, -0.15) is 0 Å². The molecule has 1 aromatic rings. The minimum Gasteiger partial charge on any atom is -0.396 e. The molecule has 0 saturated heterocycles. The van der Waals surface area contributed by atoms with Crippen molar-refractivity contribution < 1.29 is 17.9 Å². The second-order valence-electron chi connectivity index (χ2n) is 4.19. The Hall–Kier alpha value is -0.500. The van der Waals surface area contributed by atoms with Crippen LogP contribution in [0.5, 0.6) is 0 Å². The highest BCUT2D eigenvalue weighted by Gasteiger charge is 2.23. The van der Waals surface area contributed by atoms with Crippen molar-refractivity contribution in [2.75, 3.05) is 20.2 Å². The predicted octanol–water partition coefficient (Wildman–Crippen LogP) is 2.37. The molecule has 0 heterocycles. The maximum Gasteiger partial charge on any atom is 0.245 e. The molecule has 7 heteroatoms. The number of rotatable bonds is 7. The molecular weight excluding hydrogens is 337 g/mol. The lowest BCUT2D eigenvalue weighted by molar-refractivity contribution is 0.281. The molecule has 108 valence electrons. The van der Waals surface area contributed by atoms with Gasteiger partial charge in [0.2, 0.25) is 10.0 Å². The van der Waals surface area contributed by atoms with Crippen LogP contribution in [0, 0.1) is 5.82 Å². The molecule has 0 fully saturated rings. The predicted molar refractivity (Wildman–Crippen MR) is 74.9 cm³/mol. The molecule has 0 spiro atoms. The Balaban J connectivity index is 2.79. The minimum atomic E-state index is -3.80. The van der Waals surface area contributed by atoms with Crippen LogP contribution in [0.15, 0.2) is 27.6 Å². The fourth-order valence-corrected chi connectivity index (χ4v) is 3.18. The van der Waals surface area contributed by atoms with Gasteiger partial charge in [-0.15, -0.1) is 0 Å². The summed E-state index contributed by atoms with van der Waals surface area (Å²) < 4.78 is 39.6. The Labute approximate surface area is 121 Å². The lowest BCUT2D eigenvalue weighted by Gasteiger charge is -2.17. The van der Waals surface area contributed by atoms with E-state index in [2.05, 4.69) is 15.9 Å². The Morgan fingerprint density at radius 3 is 2.58 bits per heavy atom. The van der Waals surface area contributed by atoms with E-state index in [1.54, 1.807) is 0 Å². The van der Waals surface area contributed by atoms with Crippen molar-refractivity contribution in [3.63, 3.8) is 0 Å². The van der Waals surface area contributed by atoms with Gasteiger partial charge in [0.05, 0.1) is 0 Å². The van der Waals surface area contributed by atoms with E-state index in [1.165, 1.54) is 19.2 Å². The first-order valence-corrected chi connectivity index (χ1v) is 8.15. The summed E-state index contributed by atoms with van der Waals surface area (Å²) in [6.45, 7) is 0.398. The second kappa shape index (κ2) is 7.33. The van der Waals surface area contributed by atoms with Crippen LogP contribution in [0.3, 0.4) is 0 Å². The van der Waals surface area contributed by atoms with Crippen LogP contribution in [0.4, 0.5) is 4.39 Å². The number of sulfonamides is 1. The zero-order valence-corrected chi connectivity index (χ0v) is 13.0. The molecular formula is C12H17BrFNO3S. The van der Waals surface area contributed by atoms with Crippen LogP contribution < -0.4 is 0 Å². The van der Waals surface area contributed by atoms with Crippen LogP contribution in [-0.2, 0) is 10.0 Å². The summed E-state index contributed by atoms with van der Waals surface area (Å²) >= 11 is 3.09. The van der Waals surface area contributed by atoms with Crippen molar-refractivity contribution in [3.8, 4) is 0 Å². The Morgan fingerprint density at radius 2 is 2.00 bits per heavy atom. The van der Waals surface area contributed by atoms with Crippen LogP contribution in [0.25, 0.3) is 0 Å². The van der Waals surface area contributed by atoms with Crippen molar-refractivity contribution in [2.45, 2.75) is 24.2 Å². The topological polar surface area (TPSA) is 57.6 Å². The van der Waals surface area contributed by atoms with E-state index in [0.717, 1.165) is 16.8 Å². The zero-order valence-electron chi connectivity index (χ0n) is 10.6. The number of benzene rings is 1. The maximum absolute atomic E-state index is 13.7. The average Bonchev–Trinajstić information content (AvgIpc) is 2.33. The summed E-state index contributed by atoms with van der Waals surface area (Å²) in [5, 5.41) is 8.65. The van der Waals surface area contributed by atoms with Crippen molar-refractivity contribution in [2.24, 2.45) is 0 Å². The Kier molecular flexibility index (Phi) is 6.38. The lowest BCUT2D eigenvalue weighted by Crippen LogP contribution is -2.28. The number of hydrogen-bond acceptors (Lipinski definition) is 3. The van der Waals surface area contributed by atoms with E-state index in [9.17, 15) is 12.8 Å². The quantitative estimate of drug-likeness (QED) is 0.765. The highest BCUT2D eigenvalue weighted by Crippen LogP contribution is 2.22. The zero-order chi connectivity index (χ0) is 14.5. The molecule has 19 heavy (non-hydrogen) atoms. The van der Waals surface area contributed by atoms with Gasteiger partial charge in [0.25, 0.3) is 0 Å². The van der Waals surface area contributed by atoms with E-state index >= 15 is 0 Å².